The van der Waals surface area contributed by atoms with Gasteiger partial charge in [-0.25, -0.2) is 0 Å². The third-order valence-corrected chi connectivity index (χ3v) is 9.31. The van der Waals surface area contributed by atoms with Crippen LogP contribution in [-0.4, -0.2) is 0 Å². The Kier molecular flexibility index (Phi) is 5.61. The maximum Gasteiger partial charge on any atom is 0.0991 e. The molecule has 0 aliphatic heterocycles. The lowest BCUT2D eigenvalue weighted by molar-refractivity contribution is 0.660. The Morgan fingerprint density at radius 2 is 1.02 bits per heavy atom. The van der Waals surface area contributed by atoms with E-state index in [0.29, 0.717) is 5.56 Å². The Morgan fingerprint density at radius 3 is 1.77 bits per heavy atom. The highest BCUT2D eigenvalue weighted by Gasteiger charge is 2.35. The van der Waals surface area contributed by atoms with Crippen molar-refractivity contribution in [2.75, 3.05) is 0 Å². The molecule has 43 heavy (non-hydrogen) atoms. The van der Waals surface area contributed by atoms with Gasteiger partial charge in [-0.15, -0.1) is 0 Å². The number of nitrogens with zero attached hydrogens (tertiary/aromatic N) is 1. The van der Waals surface area contributed by atoms with Crippen molar-refractivity contribution in [1.82, 2.24) is 0 Å². The average Bonchev–Trinajstić information content (AvgIpc) is 3.29. The van der Waals surface area contributed by atoms with Crippen LogP contribution in [0.25, 0.3) is 66.1 Å². The van der Waals surface area contributed by atoms with Crippen LogP contribution in [0.15, 0.2) is 140 Å². The largest absolute Gasteiger partial charge is 0.192 e. The Balaban J connectivity index is 1.48. The zero-order valence-electron chi connectivity index (χ0n) is 24.2. The lowest BCUT2D eigenvalue weighted by atomic mass is 9.81. The highest BCUT2D eigenvalue weighted by molar-refractivity contribution is 6.22. The van der Waals surface area contributed by atoms with Gasteiger partial charge >= 0.3 is 0 Å². The number of nitriles is 1. The van der Waals surface area contributed by atoms with Crippen LogP contribution in [0, 0.1) is 11.3 Å². The second-order valence-electron chi connectivity index (χ2n) is 12.0. The summed E-state index contributed by atoms with van der Waals surface area (Å²) in [6.07, 6.45) is 0. The molecule has 1 heteroatoms. The van der Waals surface area contributed by atoms with Crippen molar-refractivity contribution in [3.63, 3.8) is 0 Å². The van der Waals surface area contributed by atoms with Gasteiger partial charge in [-0.3, -0.25) is 0 Å². The van der Waals surface area contributed by atoms with E-state index in [2.05, 4.69) is 147 Å². The van der Waals surface area contributed by atoms with Gasteiger partial charge in [0, 0.05) is 5.41 Å². The van der Waals surface area contributed by atoms with Gasteiger partial charge in [0.25, 0.3) is 0 Å². The zero-order valence-corrected chi connectivity index (χ0v) is 24.2. The quantitative estimate of drug-likeness (QED) is 0.202. The van der Waals surface area contributed by atoms with E-state index >= 15 is 0 Å². The first kappa shape index (κ1) is 25.3. The number of rotatable bonds is 3. The van der Waals surface area contributed by atoms with E-state index in [1.165, 1.54) is 71.6 Å². The molecule has 0 unspecified atom stereocenters. The van der Waals surface area contributed by atoms with Crippen LogP contribution in [-0.2, 0) is 5.41 Å². The van der Waals surface area contributed by atoms with Gasteiger partial charge in [-0.05, 0) is 101 Å². The molecule has 0 fully saturated rings. The van der Waals surface area contributed by atoms with E-state index in [0.717, 1.165) is 5.56 Å². The molecule has 0 spiro atoms. The van der Waals surface area contributed by atoms with Crippen molar-refractivity contribution < 1.29 is 0 Å². The fourth-order valence-electron chi connectivity index (χ4n) is 7.20. The molecule has 1 aliphatic rings. The molecular weight excluding hydrogens is 518 g/mol. The average molecular weight is 548 g/mol. The Morgan fingerprint density at radius 1 is 0.442 bits per heavy atom. The SMILES string of the molecule is CC1(C)c2ccccc2-c2cc(-c3c4ccccc4c(-c4ccc(C#N)cc4)c4ccc(-c5ccccc5)cc34)ccc21. The normalized spacial score (nSPS) is 13.0. The molecule has 0 saturated carbocycles. The van der Waals surface area contributed by atoms with Crippen molar-refractivity contribution in [2.45, 2.75) is 19.3 Å². The molecule has 1 nitrogen and oxygen atoms in total. The predicted octanol–water partition coefficient (Wildman–Crippen LogP) is 11.2. The fourth-order valence-corrected chi connectivity index (χ4v) is 7.20. The first-order chi connectivity index (χ1) is 21.0. The summed E-state index contributed by atoms with van der Waals surface area (Å²) < 4.78 is 0. The highest BCUT2D eigenvalue weighted by Crippen LogP contribution is 2.51. The van der Waals surface area contributed by atoms with Crippen molar-refractivity contribution in [1.29, 1.82) is 5.26 Å². The molecule has 202 valence electrons. The van der Waals surface area contributed by atoms with Crippen molar-refractivity contribution in [3.05, 3.63) is 156 Å². The van der Waals surface area contributed by atoms with E-state index in [1.54, 1.807) is 0 Å². The third-order valence-electron chi connectivity index (χ3n) is 9.31. The molecule has 8 rings (SSSR count). The minimum absolute atomic E-state index is 0.0332. The maximum absolute atomic E-state index is 9.45. The smallest absolute Gasteiger partial charge is 0.0991 e. The molecule has 0 bridgehead atoms. The minimum atomic E-state index is -0.0332. The van der Waals surface area contributed by atoms with Crippen LogP contribution >= 0.6 is 0 Å². The standard InChI is InChI=1S/C42H29N/c1-42(2)38-15-9-8-12-32(38)36-25-31(21-23-39(36)42)41-34-14-7-6-13-33(34)40(29-18-16-27(26-43)17-19-29)35-22-20-30(24-37(35)41)28-10-4-3-5-11-28/h3-25H,1-2H3. The van der Waals surface area contributed by atoms with Gasteiger partial charge in [0.1, 0.15) is 0 Å². The summed E-state index contributed by atoms with van der Waals surface area (Å²) in [5, 5.41) is 14.3. The Bertz CT molecular complexity index is 2250. The summed E-state index contributed by atoms with van der Waals surface area (Å²) in [6.45, 7) is 4.67. The van der Waals surface area contributed by atoms with Crippen LogP contribution in [0.2, 0.25) is 0 Å². The second-order valence-corrected chi connectivity index (χ2v) is 12.0. The Hall–Kier alpha value is -5.45. The molecule has 7 aromatic rings. The monoisotopic (exact) mass is 547 g/mol. The first-order valence-corrected chi connectivity index (χ1v) is 14.8. The van der Waals surface area contributed by atoms with Crippen molar-refractivity contribution >= 4 is 21.5 Å². The van der Waals surface area contributed by atoms with E-state index in [9.17, 15) is 5.26 Å². The van der Waals surface area contributed by atoms with Crippen LogP contribution in [0.5, 0.6) is 0 Å². The summed E-state index contributed by atoms with van der Waals surface area (Å²) >= 11 is 0. The van der Waals surface area contributed by atoms with E-state index in [4.69, 9.17) is 0 Å². The molecule has 1 aliphatic carbocycles. The second kappa shape index (κ2) is 9.55. The molecule has 0 aromatic heterocycles. The molecule has 0 atom stereocenters. The van der Waals surface area contributed by atoms with E-state index in [-0.39, 0.29) is 5.41 Å². The molecule has 0 radical (unpaired) electrons. The predicted molar refractivity (Wildman–Crippen MR) is 180 cm³/mol. The number of benzene rings is 7. The van der Waals surface area contributed by atoms with Gasteiger partial charge in [-0.2, -0.15) is 5.26 Å². The maximum atomic E-state index is 9.45. The van der Waals surface area contributed by atoms with Crippen LogP contribution in [0.4, 0.5) is 0 Å². The molecule has 0 heterocycles. The molecular formula is C42H29N. The molecule has 0 saturated heterocycles. The Labute approximate surface area is 252 Å². The van der Waals surface area contributed by atoms with Gasteiger partial charge in [0.15, 0.2) is 0 Å². The van der Waals surface area contributed by atoms with E-state index in [1.807, 2.05) is 12.1 Å². The van der Waals surface area contributed by atoms with Gasteiger partial charge in [0.2, 0.25) is 0 Å². The molecule has 7 aromatic carbocycles. The van der Waals surface area contributed by atoms with Crippen LogP contribution < -0.4 is 0 Å². The lowest BCUT2D eigenvalue weighted by Crippen LogP contribution is -2.14. The van der Waals surface area contributed by atoms with Crippen molar-refractivity contribution in [2.24, 2.45) is 0 Å². The topological polar surface area (TPSA) is 23.8 Å². The molecule has 0 amide bonds. The van der Waals surface area contributed by atoms with Crippen LogP contribution in [0.1, 0.15) is 30.5 Å². The fraction of sp³-hybridized carbons (Fsp3) is 0.0714. The summed E-state index contributed by atoms with van der Waals surface area (Å²) in [5.41, 5.74) is 13.3. The summed E-state index contributed by atoms with van der Waals surface area (Å²) in [4.78, 5) is 0. The van der Waals surface area contributed by atoms with Crippen molar-refractivity contribution in [3.8, 4) is 50.6 Å². The van der Waals surface area contributed by atoms with Gasteiger partial charge in [-0.1, -0.05) is 129 Å². The zero-order chi connectivity index (χ0) is 29.1. The molecule has 0 N–H and O–H groups in total. The van der Waals surface area contributed by atoms with E-state index < -0.39 is 0 Å². The third kappa shape index (κ3) is 3.84. The highest BCUT2D eigenvalue weighted by atomic mass is 14.4. The number of fused-ring (bicyclic) bond motifs is 5. The summed E-state index contributed by atoms with van der Waals surface area (Å²) in [7, 11) is 0. The number of hydrogen-bond donors (Lipinski definition) is 0. The number of hydrogen-bond acceptors (Lipinski definition) is 1. The van der Waals surface area contributed by atoms with Crippen LogP contribution in [0.3, 0.4) is 0 Å². The summed E-state index contributed by atoms with van der Waals surface area (Å²) in [6, 6.07) is 52.5. The first-order valence-electron chi connectivity index (χ1n) is 14.8. The van der Waals surface area contributed by atoms with Gasteiger partial charge in [0.05, 0.1) is 11.6 Å². The lowest BCUT2D eigenvalue weighted by Gasteiger charge is -2.22. The van der Waals surface area contributed by atoms with Gasteiger partial charge < -0.3 is 0 Å². The summed E-state index contributed by atoms with van der Waals surface area (Å²) in [5.74, 6) is 0. The minimum Gasteiger partial charge on any atom is -0.192 e.